The summed E-state index contributed by atoms with van der Waals surface area (Å²) >= 11 is 1.67. The van der Waals surface area contributed by atoms with Crippen LogP contribution in [-0.2, 0) is 4.79 Å². The van der Waals surface area contributed by atoms with Crippen molar-refractivity contribution in [3.8, 4) is 10.4 Å². The number of thiophene rings is 1. The zero-order valence-corrected chi connectivity index (χ0v) is 11.1. The van der Waals surface area contributed by atoms with Crippen LogP contribution >= 0.6 is 11.3 Å². The molecule has 2 aromatic rings. The highest BCUT2D eigenvalue weighted by Crippen LogP contribution is 2.31. The van der Waals surface area contributed by atoms with Gasteiger partial charge in [-0.2, -0.15) is 0 Å². The van der Waals surface area contributed by atoms with Crippen LogP contribution in [0.1, 0.15) is 6.42 Å². The first kappa shape index (κ1) is 12.8. The van der Waals surface area contributed by atoms with Crippen LogP contribution in [0.2, 0.25) is 0 Å². The molecule has 1 aromatic heterocycles. The number of carbonyl (C=O) groups is 1. The van der Waals surface area contributed by atoms with Gasteiger partial charge in [0.05, 0.1) is 0 Å². The summed E-state index contributed by atoms with van der Waals surface area (Å²) in [5.41, 5.74) is 1.95. The second-order valence-electron chi connectivity index (χ2n) is 3.92. The van der Waals surface area contributed by atoms with Crippen molar-refractivity contribution < 1.29 is 4.79 Å². The maximum absolute atomic E-state index is 11.7. The molecule has 2 rings (SSSR count). The number of hydrogen-bond acceptors (Lipinski definition) is 3. The molecule has 0 aliphatic rings. The van der Waals surface area contributed by atoms with E-state index in [4.69, 9.17) is 0 Å². The first-order valence-electron chi connectivity index (χ1n) is 5.88. The number of para-hydroxylation sites is 1. The first-order valence-corrected chi connectivity index (χ1v) is 6.76. The zero-order valence-electron chi connectivity index (χ0n) is 10.3. The molecular weight excluding hydrogens is 244 g/mol. The van der Waals surface area contributed by atoms with Crippen LogP contribution in [0.4, 0.5) is 5.69 Å². The SMILES string of the molecule is CNCCC(=O)Nc1ccccc1-c1cccs1. The summed E-state index contributed by atoms with van der Waals surface area (Å²) in [4.78, 5) is 12.9. The van der Waals surface area contributed by atoms with Crippen LogP contribution in [0.5, 0.6) is 0 Å². The topological polar surface area (TPSA) is 41.1 Å². The Morgan fingerprint density at radius 3 is 2.78 bits per heavy atom. The van der Waals surface area contributed by atoms with Crippen molar-refractivity contribution in [2.75, 3.05) is 18.9 Å². The lowest BCUT2D eigenvalue weighted by Gasteiger charge is -2.09. The van der Waals surface area contributed by atoms with Gasteiger partial charge in [0.25, 0.3) is 0 Å². The van der Waals surface area contributed by atoms with Gasteiger partial charge in [0, 0.05) is 29.1 Å². The van der Waals surface area contributed by atoms with Gasteiger partial charge in [-0.15, -0.1) is 11.3 Å². The second-order valence-corrected chi connectivity index (χ2v) is 4.87. The van der Waals surface area contributed by atoms with Crippen LogP contribution in [-0.4, -0.2) is 19.5 Å². The first-order chi connectivity index (χ1) is 8.81. The number of rotatable bonds is 5. The Kier molecular flexibility index (Phi) is 4.50. The summed E-state index contributed by atoms with van der Waals surface area (Å²) in [7, 11) is 1.84. The summed E-state index contributed by atoms with van der Waals surface area (Å²) in [5.74, 6) is 0.0355. The lowest BCUT2D eigenvalue weighted by molar-refractivity contribution is -0.116. The molecule has 0 radical (unpaired) electrons. The molecule has 4 heteroatoms. The Morgan fingerprint density at radius 1 is 1.22 bits per heavy atom. The molecule has 0 fully saturated rings. The summed E-state index contributed by atoms with van der Waals surface area (Å²) in [6.45, 7) is 0.688. The molecule has 0 saturated carbocycles. The Hall–Kier alpha value is -1.65. The van der Waals surface area contributed by atoms with Gasteiger partial charge in [-0.05, 0) is 24.6 Å². The lowest BCUT2D eigenvalue weighted by Crippen LogP contribution is -2.18. The van der Waals surface area contributed by atoms with E-state index in [-0.39, 0.29) is 5.91 Å². The van der Waals surface area contributed by atoms with Crippen molar-refractivity contribution in [2.45, 2.75) is 6.42 Å². The molecule has 1 heterocycles. The fraction of sp³-hybridized carbons (Fsp3) is 0.214. The highest BCUT2D eigenvalue weighted by atomic mass is 32.1. The number of nitrogens with one attached hydrogen (secondary N) is 2. The van der Waals surface area contributed by atoms with Crippen LogP contribution in [0, 0.1) is 0 Å². The maximum Gasteiger partial charge on any atom is 0.225 e. The van der Waals surface area contributed by atoms with Gasteiger partial charge in [0.1, 0.15) is 0 Å². The standard InChI is InChI=1S/C14H16N2OS/c1-15-9-8-14(17)16-12-6-3-2-5-11(12)13-7-4-10-18-13/h2-7,10,15H,8-9H2,1H3,(H,16,17). The Morgan fingerprint density at radius 2 is 2.06 bits per heavy atom. The van der Waals surface area contributed by atoms with Gasteiger partial charge in [0.15, 0.2) is 0 Å². The summed E-state index contributed by atoms with van der Waals surface area (Å²) in [6.07, 6.45) is 0.481. The van der Waals surface area contributed by atoms with Gasteiger partial charge in [-0.3, -0.25) is 4.79 Å². The molecule has 0 aliphatic heterocycles. The van der Waals surface area contributed by atoms with E-state index >= 15 is 0 Å². The Balaban J connectivity index is 2.16. The van der Waals surface area contributed by atoms with Gasteiger partial charge in [-0.1, -0.05) is 24.3 Å². The molecule has 0 spiro atoms. The third-order valence-corrected chi connectivity index (χ3v) is 3.49. The summed E-state index contributed by atoms with van der Waals surface area (Å²) in [6, 6.07) is 12.0. The average molecular weight is 260 g/mol. The van der Waals surface area contributed by atoms with E-state index in [1.807, 2.05) is 42.8 Å². The van der Waals surface area contributed by atoms with E-state index in [1.54, 1.807) is 11.3 Å². The molecule has 18 heavy (non-hydrogen) atoms. The van der Waals surface area contributed by atoms with Crippen molar-refractivity contribution in [2.24, 2.45) is 0 Å². The Bertz CT molecular complexity index is 508. The number of anilines is 1. The second kappa shape index (κ2) is 6.33. The smallest absolute Gasteiger partial charge is 0.225 e. The zero-order chi connectivity index (χ0) is 12.8. The van der Waals surface area contributed by atoms with E-state index < -0.39 is 0 Å². The third-order valence-electron chi connectivity index (χ3n) is 2.59. The maximum atomic E-state index is 11.7. The third kappa shape index (κ3) is 3.18. The highest BCUT2D eigenvalue weighted by molar-refractivity contribution is 7.13. The molecular formula is C14H16N2OS. The molecule has 2 N–H and O–H groups in total. The van der Waals surface area contributed by atoms with Crippen molar-refractivity contribution in [3.63, 3.8) is 0 Å². The van der Waals surface area contributed by atoms with E-state index in [0.29, 0.717) is 13.0 Å². The summed E-state index contributed by atoms with van der Waals surface area (Å²) < 4.78 is 0. The minimum atomic E-state index is 0.0355. The predicted molar refractivity (Wildman–Crippen MR) is 76.9 cm³/mol. The predicted octanol–water partition coefficient (Wildman–Crippen LogP) is 2.96. The number of benzene rings is 1. The van der Waals surface area contributed by atoms with Crippen molar-refractivity contribution in [1.29, 1.82) is 0 Å². The summed E-state index contributed by atoms with van der Waals surface area (Å²) in [5, 5.41) is 7.97. The number of hydrogen-bond donors (Lipinski definition) is 2. The van der Waals surface area contributed by atoms with Crippen LogP contribution in [0.25, 0.3) is 10.4 Å². The van der Waals surface area contributed by atoms with Gasteiger partial charge < -0.3 is 10.6 Å². The fourth-order valence-corrected chi connectivity index (χ4v) is 2.46. The van der Waals surface area contributed by atoms with Gasteiger partial charge >= 0.3 is 0 Å². The lowest BCUT2D eigenvalue weighted by atomic mass is 10.1. The monoisotopic (exact) mass is 260 g/mol. The van der Waals surface area contributed by atoms with Crippen LogP contribution in [0.3, 0.4) is 0 Å². The molecule has 0 unspecified atom stereocenters. The minimum Gasteiger partial charge on any atom is -0.325 e. The largest absolute Gasteiger partial charge is 0.325 e. The molecule has 0 atom stereocenters. The van der Waals surface area contributed by atoms with E-state index in [2.05, 4.69) is 16.7 Å². The van der Waals surface area contributed by atoms with E-state index in [0.717, 1.165) is 11.3 Å². The van der Waals surface area contributed by atoms with Crippen molar-refractivity contribution in [1.82, 2.24) is 5.32 Å². The van der Waals surface area contributed by atoms with Crippen LogP contribution in [0.15, 0.2) is 41.8 Å². The highest BCUT2D eigenvalue weighted by Gasteiger charge is 2.08. The normalized spacial score (nSPS) is 10.3. The quantitative estimate of drug-likeness (QED) is 0.867. The molecule has 0 bridgehead atoms. The fourth-order valence-electron chi connectivity index (χ4n) is 1.69. The van der Waals surface area contributed by atoms with E-state index in [9.17, 15) is 4.79 Å². The van der Waals surface area contributed by atoms with Gasteiger partial charge in [0.2, 0.25) is 5.91 Å². The van der Waals surface area contributed by atoms with Crippen LogP contribution < -0.4 is 10.6 Å². The number of carbonyl (C=O) groups excluding carboxylic acids is 1. The molecule has 1 aromatic carbocycles. The molecule has 0 aliphatic carbocycles. The van der Waals surface area contributed by atoms with Gasteiger partial charge in [-0.25, -0.2) is 0 Å². The average Bonchev–Trinajstić information content (AvgIpc) is 2.91. The van der Waals surface area contributed by atoms with Crippen molar-refractivity contribution >= 4 is 22.9 Å². The molecule has 1 amide bonds. The Labute approximate surface area is 111 Å². The number of amides is 1. The van der Waals surface area contributed by atoms with E-state index in [1.165, 1.54) is 4.88 Å². The minimum absolute atomic E-state index is 0.0355. The van der Waals surface area contributed by atoms with Crippen molar-refractivity contribution in [3.05, 3.63) is 41.8 Å². The molecule has 0 saturated heterocycles. The molecule has 3 nitrogen and oxygen atoms in total. The molecule has 94 valence electrons.